The van der Waals surface area contributed by atoms with E-state index in [2.05, 4.69) is 0 Å². The number of nitrogens with zero attached hydrogens (tertiary/aromatic N) is 1. The van der Waals surface area contributed by atoms with E-state index in [-0.39, 0.29) is 22.2 Å². The molecule has 0 aromatic heterocycles. The Labute approximate surface area is 83.5 Å². The van der Waals surface area contributed by atoms with Crippen molar-refractivity contribution in [1.29, 1.82) is 5.26 Å². The highest BCUT2D eigenvalue weighted by molar-refractivity contribution is 8.00. The largest absolute Gasteiger partial charge is 0.446 e. The molecule has 0 heterocycles. The molecule has 5 heteroatoms. The highest BCUT2D eigenvalue weighted by Gasteiger charge is 2.29. The van der Waals surface area contributed by atoms with Gasteiger partial charge in [0, 0.05) is 4.90 Å². The van der Waals surface area contributed by atoms with E-state index in [0.717, 1.165) is 0 Å². The molecule has 0 aliphatic carbocycles. The number of thioether (sulfide) groups is 1. The summed E-state index contributed by atoms with van der Waals surface area (Å²) in [6, 6.07) is 5.98. The minimum atomic E-state index is -4.31. The van der Waals surface area contributed by atoms with Gasteiger partial charge in [0.15, 0.2) is 0 Å². The summed E-state index contributed by atoms with van der Waals surface area (Å²) in [7, 11) is 0. The third-order valence-electron chi connectivity index (χ3n) is 1.41. The first kappa shape index (κ1) is 10.9. The van der Waals surface area contributed by atoms with Crippen molar-refractivity contribution in [3.05, 3.63) is 29.3 Å². The summed E-state index contributed by atoms with van der Waals surface area (Å²) >= 11 is -0.207. The van der Waals surface area contributed by atoms with Crippen LogP contribution in [-0.4, -0.2) is 5.51 Å². The number of aryl methyl sites for hydroxylation is 1. The van der Waals surface area contributed by atoms with Crippen LogP contribution in [0.15, 0.2) is 23.1 Å². The van der Waals surface area contributed by atoms with Gasteiger partial charge in [0.1, 0.15) is 0 Å². The van der Waals surface area contributed by atoms with Crippen molar-refractivity contribution in [1.82, 2.24) is 0 Å². The molecule has 0 unspecified atom stereocenters. The van der Waals surface area contributed by atoms with E-state index in [0.29, 0.717) is 5.56 Å². The van der Waals surface area contributed by atoms with Crippen LogP contribution in [0.3, 0.4) is 0 Å². The van der Waals surface area contributed by atoms with Crippen molar-refractivity contribution in [2.45, 2.75) is 17.3 Å². The Hall–Kier alpha value is -1.15. The molecular formula is C9H6F3NS. The smallest absolute Gasteiger partial charge is 0.192 e. The first-order valence-electron chi connectivity index (χ1n) is 3.68. The third-order valence-corrected chi connectivity index (χ3v) is 2.12. The molecule has 0 radical (unpaired) electrons. The Morgan fingerprint density at radius 3 is 2.43 bits per heavy atom. The van der Waals surface area contributed by atoms with Crippen molar-refractivity contribution in [3.8, 4) is 6.07 Å². The molecule has 0 N–H and O–H groups in total. The van der Waals surface area contributed by atoms with Gasteiger partial charge in [-0.15, -0.1) is 0 Å². The van der Waals surface area contributed by atoms with E-state index in [1.807, 2.05) is 6.07 Å². The number of halogens is 3. The van der Waals surface area contributed by atoms with Gasteiger partial charge in [-0.05, 0) is 42.4 Å². The highest BCUT2D eigenvalue weighted by Crippen LogP contribution is 2.37. The van der Waals surface area contributed by atoms with E-state index in [4.69, 9.17) is 5.26 Å². The van der Waals surface area contributed by atoms with Crippen molar-refractivity contribution in [2.75, 3.05) is 0 Å². The van der Waals surface area contributed by atoms with Crippen molar-refractivity contribution in [3.63, 3.8) is 0 Å². The maximum atomic E-state index is 12.0. The molecule has 0 saturated carbocycles. The summed E-state index contributed by atoms with van der Waals surface area (Å²) in [6.07, 6.45) is 0. The maximum absolute atomic E-state index is 12.0. The first-order chi connectivity index (χ1) is 6.40. The fourth-order valence-electron chi connectivity index (χ4n) is 1.01. The normalized spacial score (nSPS) is 11.1. The van der Waals surface area contributed by atoms with Crippen LogP contribution in [0.1, 0.15) is 11.1 Å². The van der Waals surface area contributed by atoms with Crippen LogP contribution >= 0.6 is 11.8 Å². The van der Waals surface area contributed by atoms with Crippen LogP contribution in [0.2, 0.25) is 0 Å². The summed E-state index contributed by atoms with van der Waals surface area (Å²) in [5.74, 6) is 0. The van der Waals surface area contributed by atoms with Crippen LogP contribution in [0.5, 0.6) is 0 Å². The van der Waals surface area contributed by atoms with Crippen LogP contribution in [0.25, 0.3) is 0 Å². The standard InChI is InChI=1S/C9H6F3NS/c1-6-2-7(5-13)4-8(3-6)14-9(10,11)12/h2-4H,1H3. The molecule has 0 amide bonds. The summed E-state index contributed by atoms with van der Waals surface area (Å²) in [5, 5.41) is 8.54. The second-order valence-electron chi connectivity index (χ2n) is 2.69. The minimum absolute atomic E-state index is 0.0500. The van der Waals surface area contributed by atoms with Gasteiger partial charge in [-0.2, -0.15) is 18.4 Å². The SMILES string of the molecule is Cc1cc(C#N)cc(SC(F)(F)F)c1. The monoisotopic (exact) mass is 217 g/mol. The second kappa shape index (κ2) is 3.93. The van der Waals surface area contributed by atoms with Crippen molar-refractivity contribution < 1.29 is 13.2 Å². The molecule has 0 atom stereocenters. The van der Waals surface area contributed by atoms with Gasteiger partial charge in [-0.25, -0.2) is 0 Å². The first-order valence-corrected chi connectivity index (χ1v) is 4.50. The average Bonchev–Trinajstić information content (AvgIpc) is 1.99. The zero-order valence-corrected chi connectivity index (χ0v) is 8.04. The molecule has 1 nitrogen and oxygen atoms in total. The number of hydrogen-bond donors (Lipinski definition) is 0. The third kappa shape index (κ3) is 3.30. The van der Waals surface area contributed by atoms with Crippen molar-refractivity contribution >= 4 is 11.8 Å². The molecule has 0 fully saturated rings. The number of benzene rings is 1. The van der Waals surface area contributed by atoms with Crippen molar-refractivity contribution in [2.24, 2.45) is 0 Å². The fraction of sp³-hybridized carbons (Fsp3) is 0.222. The number of nitriles is 1. The topological polar surface area (TPSA) is 23.8 Å². The molecule has 0 spiro atoms. The number of alkyl halides is 3. The lowest BCUT2D eigenvalue weighted by Crippen LogP contribution is -1.99. The van der Waals surface area contributed by atoms with Crippen LogP contribution in [-0.2, 0) is 0 Å². The Morgan fingerprint density at radius 1 is 1.29 bits per heavy atom. The quantitative estimate of drug-likeness (QED) is 0.672. The Bertz CT molecular complexity index is 379. The fourth-order valence-corrected chi connectivity index (χ4v) is 1.70. The summed E-state index contributed by atoms with van der Waals surface area (Å²) in [6.45, 7) is 1.65. The molecule has 0 aliphatic rings. The maximum Gasteiger partial charge on any atom is 0.446 e. The second-order valence-corrected chi connectivity index (χ2v) is 3.83. The highest BCUT2D eigenvalue weighted by atomic mass is 32.2. The Morgan fingerprint density at radius 2 is 1.93 bits per heavy atom. The lowest BCUT2D eigenvalue weighted by atomic mass is 10.2. The van der Waals surface area contributed by atoms with E-state index >= 15 is 0 Å². The van der Waals surface area contributed by atoms with Crippen LogP contribution in [0.4, 0.5) is 13.2 Å². The predicted octanol–water partition coefficient (Wildman–Crippen LogP) is 3.48. The lowest BCUT2D eigenvalue weighted by molar-refractivity contribution is -0.0328. The van der Waals surface area contributed by atoms with Gasteiger partial charge in [-0.3, -0.25) is 0 Å². The van der Waals surface area contributed by atoms with Gasteiger partial charge in [-0.1, -0.05) is 0 Å². The average molecular weight is 217 g/mol. The summed E-state index contributed by atoms with van der Waals surface area (Å²) in [4.78, 5) is 0.0500. The van der Waals surface area contributed by atoms with Gasteiger partial charge in [0.25, 0.3) is 0 Å². The van der Waals surface area contributed by atoms with E-state index in [9.17, 15) is 13.2 Å². The predicted molar refractivity (Wildman–Crippen MR) is 47.8 cm³/mol. The van der Waals surface area contributed by atoms with Crippen LogP contribution in [0, 0.1) is 18.3 Å². The van der Waals surface area contributed by atoms with E-state index in [1.54, 1.807) is 13.0 Å². The molecule has 14 heavy (non-hydrogen) atoms. The molecule has 1 aromatic carbocycles. The molecule has 0 bridgehead atoms. The van der Waals surface area contributed by atoms with Gasteiger partial charge in [0.2, 0.25) is 0 Å². The molecule has 1 rings (SSSR count). The molecule has 0 aliphatic heterocycles. The molecule has 74 valence electrons. The zero-order chi connectivity index (χ0) is 10.8. The summed E-state index contributed by atoms with van der Waals surface area (Å²) < 4.78 is 36.0. The molecule has 0 saturated heterocycles. The molecule has 1 aromatic rings. The Kier molecular flexibility index (Phi) is 3.06. The van der Waals surface area contributed by atoms with E-state index in [1.165, 1.54) is 12.1 Å². The minimum Gasteiger partial charge on any atom is -0.192 e. The van der Waals surface area contributed by atoms with Gasteiger partial charge >= 0.3 is 5.51 Å². The summed E-state index contributed by atoms with van der Waals surface area (Å²) in [5.41, 5.74) is -3.41. The zero-order valence-electron chi connectivity index (χ0n) is 7.22. The van der Waals surface area contributed by atoms with Gasteiger partial charge < -0.3 is 0 Å². The lowest BCUT2D eigenvalue weighted by Gasteiger charge is -2.06. The van der Waals surface area contributed by atoms with E-state index < -0.39 is 5.51 Å². The Balaban J connectivity index is 3.00. The molecular weight excluding hydrogens is 211 g/mol. The number of hydrogen-bond acceptors (Lipinski definition) is 2. The number of rotatable bonds is 1. The van der Waals surface area contributed by atoms with Gasteiger partial charge in [0.05, 0.1) is 11.6 Å². The van der Waals surface area contributed by atoms with Crippen LogP contribution < -0.4 is 0 Å².